The zero-order valence-corrected chi connectivity index (χ0v) is 12.1. The highest BCUT2D eigenvalue weighted by atomic mass is 35.6. The number of rotatable bonds is 0. The van der Waals surface area contributed by atoms with Gasteiger partial charge in [-0.15, -0.1) is 0 Å². The van der Waals surface area contributed by atoms with Crippen molar-refractivity contribution >= 4 is 101 Å². The van der Waals surface area contributed by atoms with E-state index in [0.717, 1.165) is 0 Å². The van der Waals surface area contributed by atoms with Gasteiger partial charge < -0.3 is 0 Å². The fourth-order valence-electron chi connectivity index (χ4n) is 0.170. The van der Waals surface area contributed by atoms with E-state index in [4.69, 9.17) is 69.6 Å². The summed E-state index contributed by atoms with van der Waals surface area (Å²) in [5.74, 6) is 0. The van der Waals surface area contributed by atoms with Crippen LogP contribution in [-0.2, 0) is 9.59 Å². The first-order valence-corrected chi connectivity index (χ1v) is 7.03. The van der Waals surface area contributed by atoms with E-state index in [2.05, 4.69) is 0 Å². The molecular formula is C4Cl6O2S2. The predicted octanol–water partition coefficient (Wildman–Crippen LogP) is 4.16. The molecular weight excluding hydrogens is 357 g/mol. The van der Waals surface area contributed by atoms with Crippen molar-refractivity contribution in [2.45, 2.75) is 7.59 Å². The van der Waals surface area contributed by atoms with Crippen molar-refractivity contribution in [2.75, 3.05) is 0 Å². The quantitative estimate of drug-likeness (QED) is 0.482. The first-order valence-electron chi connectivity index (χ1n) is 2.62. The van der Waals surface area contributed by atoms with Crippen LogP contribution >= 0.6 is 91.2 Å². The van der Waals surface area contributed by atoms with Crippen LogP contribution in [0, 0.1) is 0 Å². The minimum Gasteiger partial charge on any atom is -0.281 e. The standard InChI is InChI=1S/C4Cl6O2S2/c5-3(6,7)1(11)13-14-2(12)4(8,9)10. The molecule has 0 aromatic heterocycles. The van der Waals surface area contributed by atoms with Gasteiger partial charge in [0.15, 0.2) is 0 Å². The molecule has 0 spiro atoms. The van der Waals surface area contributed by atoms with Gasteiger partial charge in [0.05, 0.1) is 0 Å². The van der Waals surface area contributed by atoms with Gasteiger partial charge in [-0.1, -0.05) is 69.6 Å². The molecule has 0 bridgehead atoms. The Morgan fingerprint density at radius 2 is 0.929 bits per heavy atom. The lowest BCUT2D eigenvalue weighted by molar-refractivity contribution is -0.111. The highest BCUT2D eigenvalue weighted by Crippen LogP contribution is 2.41. The van der Waals surface area contributed by atoms with E-state index in [9.17, 15) is 9.59 Å². The van der Waals surface area contributed by atoms with Crippen molar-refractivity contribution in [3.05, 3.63) is 0 Å². The normalized spacial score (nSPS) is 12.7. The van der Waals surface area contributed by atoms with E-state index < -0.39 is 17.8 Å². The highest BCUT2D eigenvalue weighted by molar-refractivity contribution is 8.87. The molecule has 0 rings (SSSR count). The second-order valence-electron chi connectivity index (χ2n) is 1.74. The Morgan fingerprint density at radius 1 is 0.714 bits per heavy atom. The van der Waals surface area contributed by atoms with Crippen LogP contribution in [0.2, 0.25) is 0 Å². The van der Waals surface area contributed by atoms with Crippen LogP contribution < -0.4 is 0 Å². The van der Waals surface area contributed by atoms with Crippen LogP contribution in [-0.4, -0.2) is 17.8 Å². The molecule has 0 unspecified atom stereocenters. The van der Waals surface area contributed by atoms with Gasteiger partial charge in [-0.25, -0.2) is 0 Å². The van der Waals surface area contributed by atoms with Crippen molar-refractivity contribution in [3.63, 3.8) is 0 Å². The third-order valence-corrected chi connectivity index (χ3v) is 4.51. The largest absolute Gasteiger partial charge is 0.281 e. The first kappa shape index (κ1) is 15.8. The summed E-state index contributed by atoms with van der Waals surface area (Å²) >= 11 is 31.3. The lowest BCUT2D eigenvalue weighted by atomic mass is 10.9. The number of carbonyl (C=O) groups excluding carboxylic acids is 2. The molecule has 14 heavy (non-hydrogen) atoms. The SMILES string of the molecule is O=C(SSC(=O)C(Cl)(Cl)Cl)C(Cl)(Cl)Cl. The molecule has 0 radical (unpaired) electrons. The van der Waals surface area contributed by atoms with Crippen LogP contribution in [0.25, 0.3) is 0 Å². The molecule has 0 aliphatic rings. The van der Waals surface area contributed by atoms with E-state index in [1.54, 1.807) is 0 Å². The molecule has 0 fully saturated rings. The van der Waals surface area contributed by atoms with Crippen LogP contribution in [0.1, 0.15) is 0 Å². The van der Waals surface area contributed by atoms with Gasteiger partial charge in [0, 0.05) is 0 Å². The molecule has 0 heterocycles. The zero-order valence-electron chi connectivity index (χ0n) is 5.90. The molecule has 0 aromatic rings. The summed E-state index contributed by atoms with van der Waals surface area (Å²) < 4.78 is -4.18. The molecule has 2 nitrogen and oxygen atoms in total. The minimum atomic E-state index is -2.09. The lowest BCUT2D eigenvalue weighted by Gasteiger charge is -2.09. The Hall–Kier alpha value is 1.78. The topological polar surface area (TPSA) is 34.1 Å². The predicted molar refractivity (Wildman–Crippen MR) is 65.8 cm³/mol. The molecule has 0 N–H and O–H groups in total. The molecule has 82 valence electrons. The van der Waals surface area contributed by atoms with Gasteiger partial charge in [0.2, 0.25) is 0 Å². The molecule has 0 amide bonds. The third-order valence-electron chi connectivity index (χ3n) is 0.656. The fourth-order valence-corrected chi connectivity index (χ4v) is 3.23. The van der Waals surface area contributed by atoms with Gasteiger partial charge in [0.1, 0.15) is 0 Å². The summed E-state index contributed by atoms with van der Waals surface area (Å²) in [6.45, 7) is 0. The van der Waals surface area contributed by atoms with Crippen LogP contribution in [0.15, 0.2) is 0 Å². The number of halogens is 6. The molecule has 0 aliphatic heterocycles. The second kappa shape index (κ2) is 5.92. The van der Waals surface area contributed by atoms with Crippen molar-refractivity contribution in [1.29, 1.82) is 0 Å². The Labute approximate surface area is 118 Å². The molecule has 0 aliphatic carbocycles. The molecule has 0 atom stereocenters. The zero-order chi connectivity index (χ0) is 11.6. The van der Waals surface area contributed by atoms with Gasteiger partial charge in [0.25, 0.3) is 17.8 Å². The fraction of sp³-hybridized carbons (Fsp3) is 0.500. The maximum Gasteiger partial charge on any atom is 0.260 e. The van der Waals surface area contributed by atoms with Gasteiger partial charge in [-0.2, -0.15) is 0 Å². The average molecular weight is 357 g/mol. The third kappa shape index (κ3) is 6.38. The summed E-state index contributed by atoms with van der Waals surface area (Å²) in [5.41, 5.74) is 0. The van der Waals surface area contributed by atoms with Crippen LogP contribution in [0.3, 0.4) is 0 Å². The maximum absolute atomic E-state index is 11.0. The molecule has 0 saturated carbocycles. The van der Waals surface area contributed by atoms with Gasteiger partial charge in [-0.3, -0.25) is 9.59 Å². The van der Waals surface area contributed by atoms with Crippen molar-refractivity contribution in [1.82, 2.24) is 0 Å². The number of hydrogen-bond acceptors (Lipinski definition) is 4. The molecule has 0 saturated heterocycles. The van der Waals surface area contributed by atoms with Gasteiger partial charge >= 0.3 is 0 Å². The number of hydrogen-bond donors (Lipinski definition) is 0. The first-order chi connectivity index (χ1) is 6.05. The van der Waals surface area contributed by atoms with Gasteiger partial charge in [-0.05, 0) is 21.6 Å². The van der Waals surface area contributed by atoms with E-state index in [1.807, 2.05) is 0 Å². The van der Waals surface area contributed by atoms with Crippen LogP contribution in [0.5, 0.6) is 0 Å². The minimum absolute atomic E-state index is 0.397. The molecule has 0 aromatic carbocycles. The monoisotopic (exact) mass is 354 g/mol. The van der Waals surface area contributed by atoms with E-state index in [0.29, 0.717) is 21.6 Å². The number of carbonyl (C=O) groups is 2. The lowest BCUT2D eigenvalue weighted by Crippen LogP contribution is -2.17. The van der Waals surface area contributed by atoms with E-state index in [1.165, 1.54) is 0 Å². The second-order valence-corrected chi connectivity index (χ2v) is 8.37. The van der Waals surface area contributed by atoms with Crippen molar-refractivity contribution in [3.8, 4) is 0 Å². The summed E-state index contributed by atoms with van der Waals surface area (Å²) in [7, 11) is 0.795. The Morgan fingerprint density at radius 3 is 1.07 bits per heavy atom. The number of alkyl halides is 6. The molecule has 10 heteroatoms. The van der Waals surface area contributed by atoms with E-state index >= 15 is 0 Å². The average Bonchev–Trinajstić information content (AvgIpc) is 1.95. The van der Waals surface area contributed by atoms with E-state index in [-0.39, 0.29) is 0 Å². The maximum atomic E-state index is 11.0. The Kier molecular flexibility index (Phi) is 6.67. The van der Waals surface area contributed by atoms with Crippen molar-refractivity contribution in [2.24, 2.45) is 0 Å². The summed E-state index contributed by atoms with van der Waals surface area (Å²) in [6.07, 6.45) is 0. The Bertz CT molecular complexity index is 217. The highest BCUT2D eigenvalue weighted by Gasteiger charge is 2.36. The summed E-state index contributed by atoms with van der Waals surface area (Å²) in [6, 6.07) is 0. The van der Waals surface area contributed by atoms with Crippen LogP contribution in [0.4, 0.5) is 0 Å². The Balaban J connectivity index is 4.10. The van der Waals surface area contributed by atoms with Crippen molar-refractivity contribution < 1.29 is 9.59 Å². The smallest absolute Gasteiger partial charge is 0.260 e. The summed E-state index contributed by atoms with van der Waals surface area (Å²) in [4.78, 5) is 21.9. The summed E-state index contributed by atoms with van der Waals surface area (Å²) in [5, 5.41) is -1.68.